The van der Waals surface area contributed by atoms with E-state index >= 15 is 0 Å². The summed E-state index contributed by atoms with van der Waals surface area (Å²) in [6.07, 6.45) is 7.95. The number of piperidine rings is 1. The van der Waals surface area contributed by atoms with Crippen molar-refractivity contribution in [3.8, 4) is 11.8 Å². The molecule has 4 aliphatic heterocycles. The number of hydrogen-bond donors (Lipinski definition) is 8. The normalized spacial score (nSPS) is 20.0. The molecule has 9 N–H and O–H groups in total. The summed E-state index contributed by atoms with van der Waals surface area (Å²) >= 11 is 0.812. The summed E-state index contributed by atoms with van der Waals surface area (Å²) in [6, 6.07) is 10.6. The number of nitrogens with zero attached hydrogens (tertiary/aromatic N) is 4. The summed E-state index contributed by atoms with van der Waals surface area (Å²) < 4.78 is 40.8. The fraction of sp³-hybridized carbons (Fsp3) is 0.474. The minimum absolute atomic E-state index is 0.0142. The smallest absolute Gasteiger partial charge is 0.370 e. The van der Waals surface area contributed by atoms with Gasteiger partial charge in [0.1, 0.15) is 30.2 Å². The molecule has 442 valence electrons. The molecule has 4 aliphatic rings. The first-order chi connectivity index (χ1) is 39.6. The van der Waals surface area contributed by atoms with Gasteiger partial charge in [-0.2, -0.15) is 8.78 Å². The molecule has 0 bridgehead atoms. The predicted octanol–water partition coefficient (Wildman–Crippen LogP) is 3.97. The van der Waals surface area contributed by atoms with Crippen LogP contribution >= 0.6 is 18.9 Å². The van der Waals surface area contributed by atoms with E-state index in [1.165, 1.54) is 9.80 Å². The van der Waals surface area contributed by atoms with Crippen LogP contribution in [0.2, 0.25) is 0 Å². The molecule has 3 aromatic carbocycles. The van der Waals surface area contributed by atoms with E-state index < -0.39 is 96.4 Å². The summed E-state index contributed by atoms with van der Waals surface area (Å²) in [7, 11) is -4.13. The lowest BCUT2D eigenvalue weighted by Gasteiger charge is -2.37. The van der Waals surface area contributed by atoms with Crippen molar-refractivity contribution in [2.75, 3.05) is 26.7 Å². The number of carbonyl (C=O) groups excluding carboxylic acids is 9. The van der Waals surface area contributed by atoms with Gasteiger partial charge in [0.25, 0.3) is 11.8 Å². The van der Waals surface area contributed by atoms with Crippen molar-refractivity contribution in [2.24, 2.45) is 5.73 Å². The highest BCUT2D eigenvalue weighted by molar-refractivity contribution is 7.52. The molecule has 0 aliphatic carbocycles. The number of nitrogens with two attached hydrogens (primary N) is 1. The average molecular weight is 1190 g/mol. The second-order valence-corrected chi connectivity index (χ2v) is 24.0. The van der Waals surface area contributed by atoms with Crippen molar-refractivity contribution in [3.05, 3.63) is 99.6 Å². The van der Waals surface area contributed by atoms with Crippen molar-refractivity contribution in [1.82, 2.24) is 46.3 Å². The molecule has 3 saturated heterocycles. The Hall–Kier alpha value is -7.49. The van der Waals surface area contributed by atoms with Gasteiger partial charge in [-0.05, 0) is 93.9 Å². The monoisotopic (exact) mass is 1180 g/mol. The Morgan fingerprint density at radius 3 is 2.36 bits per heavy atom. The number of unbranched alkanes of at least 4 members (excludes halogenated alkanes) is 7. The van der Waals surface area contributed by atoms with E-state index in [9.17, 15) is 66.3 Å². The molecule has 9 amide bonds. The number of benzene rings is 3. The van der Waals surface area contributed by atoms with E-state index in [4.69, 9.17) is 5.73 Å². The molecule has 0 saturated carbocycles. The van der Waals surface area contributed by atoms with Crippen LogP contribution in [-0.2, 0) is 50.3 Å². The van der Waals surface area contributed by atoms with Crippen LogP contribution in [0.25, 0.3) is 10.2 Å². The lowest BCUT2D eigenvalue weighted by atomic mass is 10.0. The van der Waals surface area contributed by atoms with Gasteiger partial charge in [0, 0.05) is 61.6 Å². The number of amides is 9. The number of alkyl halides is 2. The van der Waals surface area contributed by atoms with Gasteiger partial charge in [0.15, 0.2) is 5.01 Å². The third-order valence-electron chi connectivity index (χ3n) is 15.4. The first-order valence-corrected chi connectivity index (χ1v) is 30.2. The van der Waals surface area contributed by atoms with Gasteiger partial charge in [-0.1, -0.05) is 86.4 Å². The van der Waals surface area contributed by atoms with Crippen LogP contribution in [0.15, 0.2) is 66.7 Å². The Morgan fingerprint density at radius 2 is 1.64 bits per heavy atom. The van der Waals surface area contributed by atoms with Crippen molar-refractivity contribution in [2.45, 2.75) is 145 Å². The van der Waals surface area contributed by atoms with Gasteiger partial charge >= 0.3 is 13.3 Å². The van der Waals surface area contributed by atoms with Gasteiger partial charge < -0.3 is 51.5 Å². The maximum Gasteiger partial charge on any atom is 0.399 e. The van der Waals surface area contributed by atoms with Crippen LogP contribution in [0.1, 0.15) is 145 Å². The third kappa shape index (κ3) is 15.0. The number of imide groups is 1. The fourth-order valence-corrected chi connectivity index (χ4v) is 12.2. The molecular weight excluding hydrogens is 1120 g/mol. The zero-order valence-electron chi connectivity index (χ0n) is 45.7. The minimum atomic E-state index is -5.89. The van der Waals surface area contributed by atoms with Crippen LogP contribution in [-0.4, -0.2) is 140 Å². The second kappa shape index (κ2) is 27.3. The molecule has 26 heteroatoms. The van der Waals surface area contributed by atoms with Crippen LogP contribution in [0, 0.1) is 11.8 Å². The van der Waals surface area contributed by atoms with Crippen LogP contribution in [0.5, 0.6) is 0 Å². The van der Waals surface area contributed by atoms with Crippen molar-refractivity contribution < 1.29 is 66.3 Å². The van der Waals surface area contributed by atoms with Gasteiger partial charge in [-0.3, -0.25) is 53.0 Å². The number of fused-ring (bicyclic) bond motifs is 3. The van der Waals surface area contributed by atoms with E-state index in [2.05, 4.69) is 43.4 Å². The summed E-state index contributed by atoms with van der Waals surface area (Å²) in [6.45, 7) is 1.07. The van der Waals surface area contributed by atoms with E-state index in [0.29, 0.717) is 49.9 Å². The zero-order chi connectivity index (χ0) is 59.6. The van der Waals surface area contributed by atoms with Crippen LogP contribution < -0.4 is 32.3 Å². The van der Waals surface area contributed by atoms with Gasteiger partial charge in [0.05, 0.1) is 10.2 Å². The fourth-order valence-electron chi connectivity index (χ4n) is 10.9. The van der Waals surface area contributed by atoms with Crippen LogP contribution in [0.3, 0.4) is 0 Å². The van der Waals surface area contributed by atoms with E-state index in [1.54, 1.807) is 49.5 Å². The highest BCUT2D eigenvalue weighted by Gasteiger charge is 2.51. The van der Waals surface area contributed by atoms with E-state index in [-0.39, 0.29) is 72.2 Å². The number of carbonyl (C=O) groups is 9. The van der Waals surface area contributed by atoms with Gasteiger partial charge in [-0.25, -0.2) is 4.98 Å². The van der Waals surface area contributed by atoms with Crippen molar-refractivity contribution in [3.63, 3.8) is 0 Å². The molecule has 5 heterocycles. The highest BCUT2D eigenvalue weighted by Crippen LogP contribution is 2.59. The Bertz CT molecular complexity index is 3260. The minimum Gasteiger partial charge on any atom is -0.370 e. The van der Waals surface area contributed by atoms with Crippen molar-refractivity contribution >= 4 is 82.3 Å². The number of rotatable bonds is 23. The lowest BCUT2D eigenvalue weighted by molar-refractivity contribution is -0.144. The second-order valence-electron chi connectivity index (χ2n) is 21.3. The average Bonchev–Trinajstić information content (AvgIpc) is 3.46. The first-order valence-electron chi connectivity index (χ1n) is 27.7. The quantitative estimate of drug-likeness (QED) is 0.0226. The van der Waals surface area contributed by atoms with Gasteiger partial charge in [0.2, 0.25) is 41.4 Å². The molecule has 3 fully saturated rings. The number of aromatic nitrogens is 1. The molecule has 0 radical (unpaired) electrons. The number of thiazole rings is 1. The van der Waals surface area contributed by atoms with E-state index in [0.717, 1.165) is 79.2 Å². The Morgan fingerprint density at radius 1 is 0.904 bits per heavy atom. The Labute approximate surface area is 481 Å². The highest BCUT2D eigenvalue weighted by atomic mass is 32.1. The summed E-state index contributed by atoms with van der Waals surface area (Å²) in [5.74, 6) is 1.24. The topological polar surface area (TPSA) is 320 Å². The molecule has 3 unspecified atom stereocenters. The number of halogens is 2. The Kier molecular flexibility index (Phi) is 20.2. The summed E-state index contributed by atoms with van der Waals surface area (Å²) in [5.41, 5.74) is 2.40. The standard InChI is InChI=1S/C57H67F2N10O12PS/c1-67-30-28-37-21-23-44(69(37)56(78)42(33-67)63-53(76)54-64-41-31-36(20-25-45(41)83-54)57(58,59)82(79,80)81)51(74)62-40(22-26-46(60)70)49(72)66-48(35-16-11-9-12-17-35)52(75)61-29-13-8-6-4-2-3-5-7-10-15-34-18-14-19-38-39(34)32-68(55(38)77)43-24-27-47(71)65-50(43)73/h9,11-12,14,16-20,25,31,37,40,42-44,48H,2-8,13,21-24,26-30,32-33H2,1H3,(H2,60,70)(H,61,75)(H,62,74)(H,63,76)(H,66,72)(H,65,71,73)(H2,79,80,81)/t37-,40?,42+,43?,44+,48?/m1/s1. The molecule has 4 aromatic rings. The molecule has 1 aromatic heterocycles. The molecule has 83 heavy (non-hydrogen) atoms. The third-order valence-corrected chi connectivity index (χ3v) is 17.4. The number of likely N-dealkylation sites (N-methyl/N-ethyl adjacent to an activating group) is 1. The largest absolute Gasteiger partial charge is 0.399 e. The molecule has 8 rings (SSSR count). The Balaban J connectivity index is 0.814. The number of nitrogens with one attached hydrogen (secondary N) is 5. The molecule has 22 nitrogen and oxygen atoms in total. The summed E-state index contributed by atoms with van der Waals surface area (Å²) in [5, 5.41) is 13.2. The predicted molar refractivity (Wildman–Crippen MR) is 300 cm³/mol. The molecule has 0 spiro atoms. The number of hydrogen-bond acceptors (Lipinski definition) is 13. The lowest BCUT2D eigenvalue weighted by Crippen LogP contribution is -2.61. The summed E-state index contributed by atoms with van der Waals surface area (Å²) in [4.78, 5) is 147. The molecular formula is C57H67F2N10O12PS. The molecule has 6 atom stereocenters. The van der Waals surface area contributed by atoms with E-state index in [1.807, 2.05) is 11.0 Å². The van der Waals surface area contributed by atoms with Crippen LogP contribution in [0.4, 0.5) is 8.78 Å². The maximum atomic E-state index is 14.5. The number of primary amides is 1. The first kappa shape index (κ1) is 61.6. The maximum absolute atomic E-state index is 14.5. The van der Waals surface area contributed by atoms with Gasteiger partial charge in [-0.15, -0.1) is 11.3 Å². The zero-order valence-corrected chi connectivity index (χ0v) is 47.4. The SMILES string of the molecule is CN1CC[C@H]2CC[C@@H](C(=O)NC(CCC(N)=O)C(=O)NC(C(=O)NCCCCCCCCCC#Cc3cccc4c3CN(C3CCC(=O)NC3=O)C4=O)c3ccccc3)N2C(=O)[C@@H](NC(=O)c2nc3cc(C(F)(F)P(=O)(O)O)ccc3s2)C1. The van der Waals surface area contributed by atoms with Crippen molar-refractivity contribution in [1.29, 1.82) is 0 Å².